The van der Waals surface area contributed by atoms with Gasteiger partial charge in [-0.05, 0) is 37.6 Å². The summed E-state index contributed by atoms with van der Waals surface area (Å²) in [7, 11) is 0. The number of carbonyl (C=O) groups is 1. The summed E-state index contributed by atoms with van der Waals surface area (Å²) >= 11 is 0. The van der Waals surface area contributed by atoms with E-state index in [0.717, 1.165) is 0 Å². The minimum Gasteiger partial charge on any atom is -0.487 e. The minimum absolute atomic E-state index is 0.00811. The molecule has 102 valence electrons. The van der Waals surface area contributed by atoms with Gasteiger partial charge >= 0.3 is 5.97 Å². The van der Waals surface area contributed by atoms with Crippen LogP contribution in [0.1, 0.15) is 19.4 Å². The Balaban J connectivity index is 2.94. The molecule has 0 saturated heterocycles. The molecule has 0 aromatic heterocycles. The van der Waals surface area contributed by atoms with Crippen LogP contribution in [0.4, 0.5) is 5.69 Å². The lowest BCUT2D eigenvalue weighted by Gasteiger charge is -2.07. The van der Waals surface area contributed by atoms with Crippen molar-refractivity contribution < 1.29 is 19.2 Å². The summed E-state index contributed by atoms with van der Waals surface area (Å²) in [4.78, 5) is 21.6. The van der Waals surface area contributed by atoms with Gasteiger partial charge in [-0.1, -0.05) is 0 Å². The Morgan fingerprint density at radius 2 is 1.79 bits per heavy atom. The first kappa shape index (κ1) is 14.7. The zero-order valence-electron chi connectivity index (χ0n) is 10.8. The fourth-order valence-corrected chi connectivity index (χ4v) is 1.36. The first-order valence-corrected chi connectivity index (χ1v) is 5.84. The Kier molecular flexibility index (Phi) is 5.53. The number of nitro benzene ring substituents is 1. The third kappa shape index (κ3) is 4.42. The van der Waals surface area contributed by atoms with E-state index in [9.17, 15) is 14.9 Å². The van der Waals surface area contributed by atoms with E-state index in [2.05, 4.69) is 0 Å². The minimum atomic E-state index is -0.553. The Morgan fingerprint density at radius 1 is 1.21 bits per heavy atom. The summed E-state index contributed by atoms with van der Waals surface area (Å²) < 4.78 is 10.0. The van der Waals surface area contributed by atoms with Gasteiger partial charge in [-0.2, -0.15) is 0 Å². The first-order chi connectivity index (χ1) is 9.08. The van der Waals surface area contributed by atoms with E-state index in [1.807, 2.05) is 0 Å². The van der Waals surface area contributed by atoms with E-state index in [0.29, 0.717) is 12.2 Å². The molecule has 0 heterocycles. The summed E-state index contributed by atoms with van der Waals surface area (Å²) in [5, 5.41) is 10.5. The SMILES string of the molecule is CCOC(=O)/C(=C/c1ccc([N+](=O)[O-])cc1)OCC. The van der Waals surface area contributed by atoms with Crippen molar-refractivity contribution in [3.05, 3.63) is 45.7 Å². The van der Waals surface area contributed by atoms with Crippen LogP contribution in [-0.2, 0) is 14.3 Å². The predicted octanol–water partition coefficient (Wildman–Crippen LogP) is 2.54. The number of rotatable bonds is 6. The van der Waals surface area contributed by atoms with Crippen LogP contribution in [-0.4, -0.2) is 24.1 Å². The van der Waals surface area contributed by atoms with Gasteiger partial charge in [0.1, 0.15) is 0 Å². The van der Waals surface area contributed by atoms with Crippen molar-refractivity contribution in [2.24, 2.45) is 0 Å². The average molecular weight is 265 g/mol. The van der Waals surface area contributed by atoms with Gasteiger partial charge < -0.3 is 9.47 Å². The number of nitrogens with zero attached hydrogens (tertiary/aromatic N) is 1. The Labute approximate surface area is 110 Å². The molecule has 0 N–H and O–H groups in total. The maximum atomic E-state index is 11.6. The molecule has 0 spiro atoms. The fraction of sp³-hybridized carbons (Fsp3) is 0.308. The van der Waals surface area contributed by atoms with E-state index in [4.69, 9.17) is 9.47 Å². The third-order valence-corrected chi connectivity index (χ3v) is 2.18. The van der Waals surface area contributed by atoms with E-state index in [-0.39, 0.29) is 18.1 Å². The molecule has 0 atom stereocenters. The quantitative estimate of drug-likeness (QED) is 0.259. The molecular weight excluding hydrogens is 250 g/mol. The lowest BCUT2D eigenvalue weighted by Crippen LogP contribution is -2.10. The van der Waals surface area contributed by atoms with Crippen LogP contribution in [0.5, 0.6) is 0 Å². The lowest BCUT2D eigenvalue weighted by molar-refractivity contribution is -0.384. The molecule has 1 aromatic rings. The summed E-state index contributed by atoms with van der Waals surface area (Å²) in [6.45, 7) is 4.04. The highest BCUT2D eigenvalue weighted by molar-refractivity contribution is 5.91. The van der Waals surface area contributed by atoms with E-state index in [1.54, 1.807) is 13.8 Å². The molecule has 0 aliphatic rings. The van der Waals surface area contributed by atoms with Gasteiger partial charge in [-0.15, -0.1) is 0 Å². The molecular formula is C13H15NO5. The maximum Gasteiger partial charge on any atom is 0.373 e. The van der Waals surface area contributed by atoms with Crippen molar-refractivity contribution in [2.45, 2.75) is 13.8 Å². The summed E-state index contributed by atoms with van der Waals surface area (Å²) in [5.41, 5.74) is 0.619. The number of nitro groups is 1. The topological polar surface area (TPSA) is 78.7 Å². The average Bonchev–Trinajstić information content (AvgIpc) is 2.39. The molecule has 6 heteroatoms. The van der Waals surface area contributed by atoms with Gasteiger partial charge in [0, 0.05) is 12.1 Å². The van der Waals surface area contributed by atoms with E-state index < -0.39 is 10.9 Å². The Hall–Kier alpha value is -2.37. The van der Waals surface area contributed by atoms with Crippen molar-refractivity contribution in [1.82, 2.24) is 0 Å². The number of carbonyl (C=O) groups excluding carboxylic acids is 1. The van der Waals surface area contributed by atoms with Crippen molar-refractivity contribution in [2.75, 3.05) is 13.2 Å². The maximum absolute atomic E-state index is 11.6. The Bertz CT molecular complexity index is 478. The van der Waals surface area contributed by atoms with Gasteiger partial charge in [-0.25, -0.2) is 4.79 Å². The molecule has 1 aromatic carbocycles. The second kappa shape index (κ2) is 7.15. The number of esters is 1. The van der Waals surface area contributed by atoms with Crippen molar-refractivity contribution >= 4 is 17.7 Å². The number of hydrogen-bond acceptors (Lipinski definition) is 5. The van der Waals surface area contributed by atoms with E-state index in [1.165, 1.54) is 30.3 Å². The molecule has 0 fully saturated rings. The third-order valence-electron chi connectivity index (χ3n) is 2.18. The first-order valence-electron chi connectivity index (χ1n) is 5.84. The van der Waals surface area contributed by atoms with Gasteiger partial charge in [0.2, 0.25) is 5.76 Å². The molecule has 0 amide bonds. The number of ether oxygens (including phenoxy) is 2. The normalized spacial score (nSPS) is 10.9. The highest BCUT2D eigenvalue weighted by atomic mass is 16.6. The highest BCUT2D eigenvalue weighted by Gasteiger charge is 2.12. The molecule has 0 aliphatic carbocycles. The zero-order chi connectivity index (χ0) is 14.3. The molecule has 0 bridgehead atoms. The number of hydrogen-bond donors (Lipinski definition) is 0. The number of benzene rings is 1. The van der Waals surface area contributed by atoms with Crippen LogP contribution in [0.25, 0.3) is 6.08 Å². The Morgan fingerprint density at radius 3 is 2.26 bits per heavy atom. The molecule has 0 radical (unpaired) electrons. The van der Waals surface area contributed by atoms with Crippen molar-refractivity contribution in [3.63, 3.8) is 0 Å². The summed E-state index contributed by atoms with van der Waals surface area (Å²) in [5.74, 6) is -0.471. The number of non-ortho nitro benzene ring substituents is 1. The largest absolute Gasteiger partial charge is 0.487 e. The fourth-order valence-electron chi connectivity index (χ4n) is 1.36. The van der Waals surface area contributed by atoms with Crippen LogP contribution in [0.15, 0.2) is 30.0 Å². The summed E-state index contributed by atoms with van der Waals surface area (Å²) in [6, 6.07) is 5.80. The van der Waals surface area contributed by atoms with Gasteiger partial charge in [0.25, 0.3) is 5.69 Å². The standard InChI is InChI=1S/C13H15NO5/c1-3-18-12(13(15)19-4-2)9-10-5-7-11(8-6-10)14(16)17/h5-9H,3-4H2,1-2H3/b12-9-. The van der Waals surface area contributed by atoms with Crippen LogP contribution in [0, 0.1) is 10.1 Å². The second-order valence-corrected chi connectivity index (χ2v) is 3.51. The van der Waals surface area contributed by atoms with Gasteiger partial charge in [0.15, 0.2) is 0 Å². The second-order valence-electron chi connectivity index (χ2n) is 3.51. The van der Waals surface area contributed by atoms with Crippen LogP contribution < -0.4 is 0 Å². The van der Waals surface area contributed by atoms with Crippen molar-refractivity contribution in [1.29, 1.82) is 0 Å². The van der Waals surface area contributed by atoms with Gasteiger partial charge in [0.05, 0.1) is 18.1 Å². The van der Waals surface area contributed by atoms with E-state index >= 15 is 0 Å². The lowest BCUT2D eigenvalue weighted by atomic mass is 10.2. The van der Waals surface area contributed by atoms with Crippen LogP contribution >= 0.6 is 0 Å². The predicted molar refractivity (Wildman–Crippen MR) is 69.3 cm³/mol. The monoisotopic (exact) mass is 265 g/mol. The zero-order valence-corrected chi connectivity index (χ0v) is 10.8. The molecule has 0 saturated carbocycles. The molecule has 0 aliphatic heterocycles. The highest BCUT2D eigenvalue weighted by Crippen LogP contribution is 2.15. The smallest absolute Gasteiger partial charge is 0.373 e. The van der Waals surface area contributed by atoms with Crippen LogP contribution in [0.2, 0.25) is 0 Å². The molecule has 1 rings (SSSR count). The molecule has 0 unspecified atom stereocenters. The summed E-state index contributed by atoms with van der Waals surface area (Å²) in [6.07, 6.45) is 1.49. The van der Waals surface area contributed by atoms with Crippen LogP contribution in [0.3, 0.4) is 0 Å². The van der Waals surface area contributed by atoms with Gasteiger partial charge in [-0.3, -0.25) is 10.1 Å². The molecule has 19 heavy (non-hydrogen) atoms. The molecule has 6 nitrogen and oxygen atoms in total. The van der Waals surface area contributed by atoms with Crippen molar-refractivity contribution in [3.8, 4) is 0 Å².